The molecule has 3 aromatic rings. The zero-order valence-electron chi connectivity index (χ0n) is 21.3. The molecule has 37 heavy (non-hydrogen) atoms. The normalized spacial score (nSPS) is 17.8. The summed E-state index contributed by atoms with van der Waals surface area (Å²) >= 11 is 0. The van der Waals surface area contributed by atoms with E-state index < -0.39 is 0 Å². The van der Waals surface area contributed by atoms with E-state index in [0.717, 1.165) is 89.8 Å². The standard InChI is InChI=1S/C29H32N4O4/c1-35-23-9-20(10-24(13-23)36-2)26-15-30-14-25(18-3-4-19-12-28(34)32-27(19)11-18)29(26)33-7-5-21(6-8-33)31-22-16-37-17-22/h3-4,9-11,13-15,21-22,31H,5-8,12,16-17H2,1-2H3,(H,32,34). The number of anilines is 2. The Morgan fingerprint density at radius 1 is 0.946 bits per heavy atom. The Bertz CT molecular complexity index is 1290. The fraction of sp³-hybridized carbons (Fsp3) is 0.379. The number of hydrogen-bond donors (Lipinski definition) is 2. The topological polar surface area (TPSA) is 85.0 Å². The van der Waals surface area contributed by atoms with Crippen LogP contribution in [0.3, 0.4) is 0 Å². The molecule has 3 aliphatic rings. The zero-order valence-corrected chi connectivity index (χ0v) is 21.3. The van der Waals surface area contributed by atoms with Gasteiger partial charge in [0, 0.05) is 54.4 Å². The molecule has 0 unspecified atom stereocenters. The fourth-order valence-electron chi connectivity index (χ4n) is 5.50. The van der Waals surface area contributed by atoms with Crippen molar-refractivity contribution in [1.29, 1.82) is 0 Å². The van der Waals surface area contributed by atoms with Crippen molar-refractivity contribution in [2.24, 2.45) is 0 Å². The summed E-state index contributed by atoms with van der Waals surface area (Å²) in [6, 6.07) is 13.1. The smallest absolute Gasteiger partial charge is 0.228 e. The van der Waals surface area contributed by atoms with Gasteiger partial charge in [-0.3, -0.25) is 9.78 Å². The maximum atomic E-state index is 12.0. The summed E-state index contributed by atoms with van der Waals surface area (Å²) in [5, 5.41) is 6.74. The van der Waals surface area contributed by atoms with Gasteiger partial charge < -0.3 is 29.7 Å². The van der Waals surface area contributed by atoms with Crippen LogP contribution in [0, 0.1) is 0 Å². The zero-order chi connectivity index (χ0) is 25.4. The molecule has 2 aromatic carbocycles. The predicted octanol–water partition coefficient (Wildman–Crippen LogP) is 3.88. The van der Waals surface area contributed by atoms with Crippen molar-refractivity contribution < 1.29 is 19.0 Å². The molecule has 192 valence electrons. The van der Waals surface area contributed by atoms with Gasteiger partial charge in [-0.15, -0.1) is 0 Å². The van der Waals surface area contributed by atoms with Gasteiger partial charge in [-0.05, 0) is 47.7 Å². The number of benzene rings is 2. The van der Waals surface area contributed by atoms with Crippen LogP contribution in [-0.4, -0.2) is 63.5 Å². The summed E-state index contributed by atoms with van der Waals surface area (Å²) in [5.41, 5.74) is 7.14. The van der Waals surface area contributed by atoms with Crippen molar-refractivity contribution >= 4 is 17.3 Å². The van der Waals surface area contributed by atoms with Crippen molar-refractivity contribution in [2.75, 3.05) is 50.7 Å². The lowest BCUT2D eigenvalue weighted by Gasteiger charge is -2.39. The molecular formula is C29H32N4O4. The number of methoxy groups -OCH3 is 2. The maximum absolute atomic E-state index is 12.0. The molecule has 0 radical (unpaired) electrons. The van der Waals surface area contributed by atoms with Crippen molar-refractivity contribution in [3.63, 3.8) is 0 Å². The van der Waals surface area contributed by atoms with Crippen molar-refractivity contribution in [2.45, 2.75) is 31.3 Å². The van der Waals surface area contributed by atoms with Gasteiger partial charge in [-0.1, -0.05) is 12.1 Å². The van der Waals surface area contributed by atoms with Crippen LogP contribution in [0.15, 0.2) is 48.8 Å². The number of nitrogens with one attached hydrogen (secondary N) is 2. The largest absolute Gasteiger partial charge is 0.497 e. The van der Waals surface area contributed by atoms with Crippen molar-refractivity contribution in [3.8, 4) is 33.8 Å². The van der Waals surface area contributed by atoms with Gasteiger partial charge in [0.05, 0.1) is 45.6 Å². The first-order chi connectivity index (χ1) is 18.1. The lowest BCUT2D eigenvalue weighted by molar-refractivity contribution is -0.115. The third-order valence-corrected chi connectivity index (χ3v) is 7.55. The molecule has 0 aliphatic carbocycles. The number of ether oxygens (including phenoxy) is 3. The SMILES string of the molecule is COc1cc(OC)cc(-c2cncc(-c3ccc4c(c3)NC(=O)C4)c2N2CCC(NC3COC3)CC2)c1. The monoisotopic (exact) mass is 500 g/mol. The summed E-state index contributed by atoms with van der Waals surface area (Å²) < 4.78 is 16.5. The third-order valence-electron chi connectivity index (χ3n) is 7.55. The number of rotatable bonds is 7. The highest BCUT2D eigenvalue weighted by atomic mass is 16.5. The van der Waals surface area contributed by atoms with Crippen LogP contribution in [-0.2, 0) is 16.0 Å². The van der Waals surface area contributed by atoms with Crippen LogP contribution < -0.4 is 25.0 Å². The van der Waals surface area contributed by atoms with Gasteiger partial charge in [0.15, 0.2) is 0 Å². The number of carbonyl (C=O) groups excluding carboxylic acids is 1. The lowest BCUT2D eigenvalue weighted by Crippen LogP contribution is -2.53. The first kappa shape index (κ1) is 23.8. The summed E-state index contributed by atoms with van der Waals surface area (Å²) in [7, 11) is 3.33. The van der Waals surface area contributed by atoms with Crippen LogP contribution in [0.1, 0.15) is 18.4 Å². The maximum Gasteiger partial charge on any atom is 0.228 e. The van der Waals surface area contributed by atoms with Gasteiger partial charge in [-0.25, -0.2) is 0 Å². The third kappa shape index (κ3) is 4.74. The molecule has 0 bridgehead atoms. The molecular weight excluding hydrogens is 468 g/mol. The summed E-state index contributed by atoms with van der Waals surface area (Å²) in [5.74, 6) is 1.50. The van der Waals surface area contributed by atoms with Crippen LogP contribution in [0.5, 0.6) is 11.5 Å². The van der Waals surface area contributed by atoms with E-state index in [4.69, 9.17) is 14.2 Å². The van der Waals surface area contributed by atoms with Gasteiger partial charge in [0.2, 0.25) is 5.91 Å². The van der Waals surface area contributed by atoms with Crippen LogP contribution >= 0.6 is 0 Å². The van der Waals surface area contributed by atoms with E-state index in [1.807, 2.05) is 36.7 Å². The molecule has 1 aromatic heterocycles. The molecule has 0 saturated carbocycles. The Balaban J connectivity index is 1.41. The van der Waals surface area contributed by atoms with E-state index in [1.54, 1.807) is 14.2 Å². The van der Waals surface area contributed by atoms with Gasteiger partial charge in [0.25, 0.3) is 0 Å². The van der Waals surface area contributed by atoms with E-state index in [1.165, 1.54) is 0 Å². The molecule has 2 saturated heterocycles. The Morgan fingerprint density at radius 2 is 1.65 bits per heavy atom. The van der Waals surface area contributed by atoms with Crippen molar-refractivity contribution in [3.05, 3.63) is 54.4 Å². The number of pyridine rings is 1. The minimum atomic E-state index is 0.0363. The Hall–Kier alpha value is -3.62. The van der Waals surface area contributed by atoms with E-state index in [-0.39, 0.29) is 5.91 Å². The number of piperidine rings is 1. The second kappa shape index (κ2) is 10.0. The Kier molecular flexibility index (Phi) is 6.44. The molecule has 3 aliphatic heterocycles. The van der Waals surface area contributed by atoms with Crippen LogP contribution in [0.25, 0.3) is 22.3 Å². The first-order valence-corrected chi connectivity index (χ1v) is 12.8. The highest BCUT2D eigenvalue weighted by Crippen LogP contribution is 2.43. The molecule has 4 heterocycles. The number of nitrogens with zero attached hydrogens (tertiary/aromatic N) is 2. The van der Waals surface area contributed by atoms with Crippen LogP contribution in [0.4, 0.5) is 11.4 Å². The predicted molar refractivity (Wildman–Crippen MR) is 144 cm³/mol. The molecule has 6 rings (SSSR count). The number of carbonyl (C=O) groups is 1. The average Bonchev–Trinajstić information content (AvgIpc) is 3.29. The minimum absolute atomic E-state index is 0.0363. The molecule has 2 fully saturated rings. The van der Waals surface area contributed by atoms with Gasteiger partial charge in [-0.2, -0.15) is 0 Å². The number of hydrogen-bond acceptors (Lipinski definition) is 7. The van der Waals surface area contributed by atoms with E-state index in [2.05, 4.69) is 32.7 Å². The fourth-order valence-corrected chi connectivity index (χ4v) is 5.50. The second-order valence-electron chi connectivity index (χ2n) is 9.94. The number of fused-ring (bicyclic) bond motifs is 1. The van der Waals surface area contributed by atoms with Gasteiger partial charge >= 0.3 is 0 Å². The van der Waals surface area contributed by atoms with E-state index >= 15 is 0 Å². The summed E-state index contributed by atoms with van der Waals surface area (Å²) in [6.45, 7) is 3.48. The molecule has 1 amide bonds. The molecule has 0 spiro atoms. The Morgan fingerprint density at radius 3 is 2.30 bits per heavy atom. The van der Waals surface area contributed by atoms with E-state index in [9.17, 15) is 4.79 Å². The minimum Gasteiger partial charge on any atom is -0.497 e. The molecule has 2 N–H and O–H groups in total. The number of amides is 1. The molecule has 8 heteroatoms. The van der Waals surface area contributed by atoms with Gasteiger partial charge in [0.1, 0.15) is 11.5 Å². The first-order valence-electron chi connectivity index (χ1n) is 12.8. The lowest BCUT2D eigenvalue weighted by atomic mass is 9.94. The van der Waals surface area contributed by atoms with Crippen LogP contribution in [0.2, 0.25) is 0 Å². The highest BCUT2D eigenvalue weighted by Gasteiger charge is 2.28. The highest BCUT2D eigenvalue weighted by molar-refractivity contribution is 6.01. The summed E-state index contributed by atoms with van der Waals surface area (Å²) in [4.78, 5) is 19.1. The van der Waals surface area contributed by atoms with E-state index in [0.29, 0.717) is 18.5 Å². The molecule has 8 nitrogen and oxygen atoms in total. The number of aromatic nitrogens is 1. The van der Waals surface area contributed by atoms with Crippen molar-refractivity contribution in [1.82, 2.24) is 10.3 Å². The quantitative estimate of drug-likeness (QED) is 0.509. The summed E-state index contributed by atoms with van der Waals surface area (Å²) in [6.07, 6.45) is 6.40. The average molecular weight is 501 g/mol. The molecule has 0 atom stereocenters. The second-order valence-corrected chi connectivity index (χ2v) is 9.94. The Labute approximate surface area is 216 Å².